The summed E-state index contributed by atoms with van der Waals surface area (Å²) in [6.45, 7) is 0. The molecule has 4 heteroatoms. The Hall–Kier alpha value is -1.45. The van der Waals surface area contributed by atoms with E-state index >= 15 is 0 Å². The van der Waals surface area contributed by atoms with Crippen LogP contribution in [0.25, 0.3) is 0 Å². The van der Waals surface area contributed by atoms with Gasteiger partial charge in [-0.2, -0.15) is 0 Å². The highest BCUT2D eigenvalue weighted by Gasteiger charge is 2.14. The Labute approximate surface area is 58.0 Å². The molecule has 4 N–H and O–H groups in total. The molecule has 0 fully saturated rings. The average molecular weight is 139 g/mol. The molecule has 1 rings (SSSR count). The fourth-order valence-corrected chi connectivity index (χ4v) is 0.618. The Morgan fingerprint density at radius 3 is 2.80 bits per heavy atom. The average Bonchev–Trinajstić information content (AvgIpc) is 1.88. The smallest absolute Gasteiger partial charge is 0.319 e. The van der Waals surface area contributed by atoms with Gasteiger partial charge in [-0.1, -0.05) is 0 Å². The maximum absolute atomic E-state index is 10.3. The van der Waals surface area contributed by atoms with Gasteiger partial charge in [0, 0.05) is 0 Å². The quantitative estimate of drug-likeness (QED) is 0.460. The van der Waals surface area contributed by atoms with Gasteiger partial charge in [0.25, 0.3) is 0 Å². The standard InChI is InChI=1S/C6H7N2O2/c7-5-3-4(6(9)10)1-2-8-5/h1-3,8H,7H2,(H,9,10). The normalized spacial score (nSPS) is 17.8. The van der Waals surface area contributed by atoms with Gasteiger partial charge in [0.05, 0.1) is 5.82 Å². The van der Waals surface area contributed by atoms with Gasteiger partial charge in [-0.15, -0.1) is 0 Å². The number of nitrogens with two attached hydrogens (primary N) is 1. The molecule has 1 radical (unpaired) electrons. The van der Waals surface area contributed by atoms with Gasteiger partial charge in [0.15, 0.2) is 0 Å². The first-order valence-electron chi connectivity index (χ1n) is 2.70. The maximum Gasteiger partial charge on any atom is 0.319 e. The molecule has 0 saturated carbocycles. The molecule has 53 valence electrons. The molecule has 0 amide bonds. The first-order valence-corrected chi connectivity index (χ1v) is 2.70. The Balaban J connectivity index is 2.70. The topological polar surface area (TPSA) is 75.4 Å². The van der Waals surface area contributed by atoms with Crippen molar-refractivity contribution in [2.45, 2.75) is 0 Å². The van der Waals surface area contributed by atoms with E-state index in [1.807, 2.05) is 0 Å². The molecule has 0 spiro atoms. The molecule has 1 aliphatic rings. The van der Waals surface area contributed by atoms with E-state index in [0.29, 0.717) is 5.82 Å². The number of carbonyl (C=O) groups is 1. The van der Waals surface area contributed by atoms with E-state index in [0.717, 1.165) is 0 Å². The summed E-state index contributed by atoms with van der Waals surface area (Å²) in [5.74, 6) is -0.433. The Morgan fingerprint density at radius 2 is 2.40 bits per heavy atom. The number of hydrogen-bond donors (Lipinski definition) is 3. The lowest BCUT2D eigenvalue weighted by Crippen LogP contribution is -2.21. The van der Waals surface area contributed by atoms with E-state index in [1.165, 1.54) is 18.4 Å². The summed E-state index contributed by atoms with van der Waals surface area (Å²) in [5.41, 5.74) is 5.28. The van der Waals surface area contributed by atoms with Crippen molar-refractivity contribution >= 4 is 5.97 Å². The lowest BCUT2D eigenvalue weighted by atomic mass is 10.1. The van der Waals surface area contributed by atoms with Crippen LogP contribution in [0.5, 0.6) is 0 Å². The van der Waals surface area contributed by atoms with Gasteiger partial charge in [0.1, 0.15) is 5.92 Å². The summed E-state index contributed by atoms with van der Waals surface area (Å²) in [5, 5.41) is 11.1. The van der Waals surface area contributed by atoms with Gasteiger partial charge >= 0.3 is 5.97 Å². The summed E-state index contributed by atoms with van der Waals surface area (Å²) in [6, 6.07) is 0. The van der Waals surface area contributed by atoms with Gasteiger partial charge < -0.3 is 16.2 Å². The molecule has 1 aliphatic heterocycles. The second-order valence-corrected chi connectivity index (χ2v) is 1.84. The minimum absolute atomic E-state index is 0.191. The summed E-state index contributed by atoms with van der Waals surface area (Å²) in [4.78, 5) is 10.3. The number of rotatable bonds is 1. The van der Waals surface area contributed by atoms with Gasteiger partial charge in [-0.25, -0.2) is 0 Å². The second-order valence-electron chi connectivity index (χ2n) is 1.84. The SMILES string of the molecule is NC1=C[C](C(=O)O)C=CN1. The minimum Gasteiger partial charge on any atom is -0.480 e. The molecule has 0 aromatic rings. The molecular weight excluding hydrogens is 132 g/mol. The first-order chi connectivity index (χ1) is 4.70. The summed E-state index contributed by atoms with van der Waals surface area (Å²) in [6.07, 6.45) is 4.29. The zero-order valence-electron chi connectivity index (χ0n) is 5.16. The van der Waals surface area contributed by atoms with Crippen molar-refractivity contribution in [2.75, 3.05) is 0 Å². The van der Waals surface area contributed by atoms with Crippen LogP contribution in [0.15, 0.2) is 24.2 Å². The van der Waals surface area contributed by atoms with E-state index < -0.39 is 5.97 Å². The zero-order valence-corrected chi connectivity index (χ0v) is 5.16. The third kappa shape index (κ3) is 1.28. The van der Waals surface area contributed by atoms with Gasteiger partial charge in [-0.3, -0.25) is 4.79 Å². The van der Waals surface area contributed by atoms with Crippen LogP contribution >= 0.6 is 0 Å². The fraction of sp³-hybridized carbons (Fsp3) is 0. The molecule has 0 aromatic heterocycles. The molecule has 0 unspecified atom stereocenters. The van der Waals surface area contributed by atoms with Gasteiger partial charge in [-0.05, 0) is 18.4 Å². The molecule has 0 aromatic carbocycles. The Bertz CT molecular complexity index is 208. The minimum atomic E-state index is -0.972. The second kappa shape index (κ2) is 2.43. The van der Waals surface area contributed by atoms with Crippen LogP contribution in [0.1, 0.15) is 0 Å². The van der Waals surface area contributed by atoms with Crippen LogP contribution in [-0.2, 0) is 4.79 Å². The van der Waals surface area contributed by atoms with E-state index in [2.05, 4.69) is 5.32 Å². The predicted molar refractivity (Wildman–Crippen MR) is 35.4 cm³/mol. The number of carboxylic acid groups (broad SMARTS) is 1. The lowest BCUT2D eigenvalue weighted by molar-refractivity contribution is -0.133. The molecular formula is C6H7N2O2. The van der Waals surface area contributed by atoms with Crippen molar-refractivity contribution in [3.63, 3.8) is 0 Å². The number of dihydropyridines is 1. The highest BCUT2D eigenvalue weighted by Crippen LogP contribution is 2.08. The number of hydrogen-bond acceptors (Lipinski definition) is 3. The summed E-state index contributed by atoms with van der Waals surface area (Å²) >= 11 is 0. The van der Waals surface area contributed by atoms with Crippen LogP contribution < -0.4 is 11.1 Å². The molecule has 0 saturated heterocycles. The third-order valence-corrected chi connectivity index (χ3v) is 1.07. The number of aliphatic carboxylic acids is 1. The third-order valence-electron chi connectivity index (χ3n) is 1.07. The van der Waals surface area contributed by atoms with Crippen molar-refractivity contribution in [3.05, 3.63) is 30.1 Å². The van der Waals surface area contributed by atoms with Crippen molar-refractivity contribution < 1.29 is 9.90 Å². The summed E-state index contributed by atoms with van der Waals surface area (Å²) < 4.78 is 0. The number of carboxylic acids is 1. The van der Waals surface area contributed by atoms with E-state index in [-0.39, 0.29) is 5.92 Å². The number of nitrogens with one attached hydrogen (secondary N) is 1. The predicted octanol–water partition coefficient (Wildman–Crippen LogP) is -0.438. The van der Waals surface area contributed by atoms with Crippen LogP contribution in [0, 0.1) is 5.92 Å². The molecule has 0 aliphatic carbocycles. The Morgan fingerprint density at radius 1 is 1.70 bits per heavy atom. The molecule has 10 heavy (non-hydrogen) atoms. The highest BCUT2D eigenvalue weighted by molar-refractivity contribution is 5.89. The highest BCUT2D eigenvalue weighted by atomic mass is 16.4. The largest absolute Gasteiger partial charge is 0.480 e. The van der Waals surface area contributed by atoms with E-state index in [4.69, 9.17) is 10.8 Å². The van der Waals surface area contributed by atoms with E-state index in [9.17, 15) is 4.79 Å². The van der Waals surface area contributed by atoms with Crippen LogP contribution in [-0.4, -0.2) is 11.1 Å². The Kier molecular flexibility index (Phi) is 1.62. The maximum atomic E-state index is 10.3. The molecule has 0 bridgehead atoms. The monoisotopic (exact) mass is 139 g/mol. The zero-order chi connectivity index (χ0) is 7.56. The van der Waals surface area contributed by atoms with Crippen LogP contribution in [0.4, 0.5) is 0 Å². The van der Waals surface area contributed by atoms with Crippen molar-refractivity contribution in [1.82, 2.24) is 5.32 Å². The summed E-state index contributed by atoms with van der Waals surface area (Å²) in [7, 11) is 0. The fourth-order valence-electron chi connectivity index (χ4n) is 0.618. The lowest BCUT2D eigenvalue weighted by Gasteiger charge is -2.08. The van der Waals surface area contributed by atoms with Crippen molar-refractivity contribution in [1.29, 1.82) is 0 Å². The molecule has 1 heterocycles. The molecule has 0 atom stereocenters. The van der Waals surface area contributed by atoms with Gasteiger partial charge in [0.2, 0.25) is 0 Å². The van der Waals surface area contributed by atoms with Crippen molar-refractivity contribution in [2.24, 2.45) is 5.73 Å². The molecule has 4 nitrogen and oxygen atoms in total. The van der Waals surface area contributed by atoms with Crippen LogP contribution in [0.3, 0.4) is 0 Å². The van der Waals surface area contributed by atoms with Crippen LogP contribution in [0.2, 0.25) is 0 Å². The van der Waals surface area contributed by atoms with E-state index in [1.54, 1.807) is 0 Å². The van der Waals surface area contributed by atoms with Crippen molar-refractivity contribution in [3.8, 4) is 0 Å². The first kappa shape index (κ1) is 6.67.